The molecule has 40 valence electrons. The van der Waals surface area contributed by atoms with Gasteiger partial charge in [-0.3, -0.25) is 0 Å². The minimum atomic E-state index is 0.833. The van der Waals surface area contributed by atoms with Crippen LogP contribution < -0.4 is 5.23 Å². The molecule has 1 saturated heterocycles. The van der Waals surface area contributed by atoms with Crippen molar-refractivity contribution < 1.29 is 0 Å². The Balaban J connectivity index is 2.16. The summed E-state index contributed by atoms with van der Waals surface area (Å²) < 4.78 is 0. The van der Waals surface area contributed by atoms with Crippen LogP contribution in [0.5, 0.6) is 0 Å². The molecule has 7 heavy (non-hydrogen) atoms. The number of hydrogen-bond acceptors (Lipinski definition) is 1. The summed E-state index contributed by atoms with van der Waals surface area (Å²) in [6.07, 6.45) is 1.29. The van der Waals surface area contributed by atoms with E-state index in [9.17, 15) is 0 Å². The molecule has 0 bridgehead atoms. The van der Waals surface area contributed by atoms with Gasteiger partial charge in [0.05, 0.1) is 0 Å². The summed E-state index contributed by atoms with van der Waals surface area (Å²) in [5.74, 6) is 0.935. The highest BCUT2D eigenvalue weighted by Crippen LogP contribution is 2.18. The lowest BCUT2D eigenvalue weighted by molar-refractivity contribution is 0.511. The van der Waals surface area contributed by atoms with Crippen LogP contribution in [0.2, 0.25) is 5.82 Å². The van der Waals surface area contributed by atoms with E-state index in [1.165, 1.54) is 13.8 Å². The molecule has 0 radical (unpaired) electrons. The van der Waals surface area contributed by atoms with Gasteiger partial charge >= 0.3 is 0 Å². The molecule has 0 aliphatic carbocycles. The van der Waals surface area contributed by atoms with E-state index in [2.05, 4.69) is 19.1 Å². The average Bonchev–Trinajstić information content (AvgIpc) is 1.65. The van der Waals surface area contributed by atoms with Gasteiger partial charge in [0.25, 0.3) is 0 Å². The Labute approximate surface area is 45.8 Å². The van der Waals surface area contributed by atoms with Crippen molar-refractivity contribution in [1.82, 2.24) is 5.23 Å². The lowest BCUT2D eigenvalue weighted by atomic mass is 9.62. The highest BCUT2D eigenvalue weighted by molar-refractivity contribution is 6.38. The Hall–Kier alpha value is 0.0249. The van der Waals surface area contributed by atoms with Crippen LogP contribution in [0, 0.1) is 0 Å². The van der Waals surface area contributed by atoms with Crippen molar-refractivity contribution in [2.45, 2.75) is 32.1 Å². The summed E-state index contributed by atoms with van der Waals surface area (Å²) in [7, 11) is 1.23. The first-order valence-electron chi connectivity index (χ1n) is 3.08. The molecule has 1 aliphatic heterocycles. The maximum absolute atomic E-state index is 3.34. The molecule has 0 aromatic carbocycles. The van der Waals surface area contributed by atoms with Gasteiger partial charge < -0.3 is 5.23 Å². The molecule has 1 N–H and O–H groups in total. The molecule has 1 fully saturated rings. The third-order valence-electron chi connectivity index (χ3n) is 1.83. The van der Waals surface area contributed by atoms with Gasteiger partial charge in [-0.15, -0.1) is 0 Å². The normalized spacial score (nSPS) is 39.1. The van der Waals surface area contributed by atoms with E-state index in [4.69, 9.17) is 0 Å². The van der Waals surface area contributed by atoms with Crippen LogP contribution in [-0.4, -0.2) is 13.5 Å². The molecule has 0 aromatic rings. The molecule has 2 heteroatoms. The van der Waals surface area contributed by atoms with Crippen LogP contribution in [-0.2, 0) is 0 Å². The molecular formula is C5H12BN. The summed E-state index contributed by atoms with van der Waals surface area (Å²) in [5, 5.41) is 3.34. The lowest BCUT2D eigenvalue weighted by Gasteiger charge is -2.33. The SMILES string of the molecule is CCC1NB[C@@H]1C. The molecule has 0 saturated carbocycles. The first-order valence-corrected chi connectivity index (χ1v) is 3.08. The monoisotopic (exact) mass is 97.1 g/mol. The molecule has 0 spiro atoms. The molecule has 0 amide bonds. The number of rotatable bonds is 1. The maximum atomic E-state index is 3.34. The number of hydrogen-bond donors (Lipinski definition) is 1. The molecule has 1 aliphatic rings. The molecular weight excluding hydrogens is 84.9 g/mol. The van der Waals surface area contributed by atoms with E-state index in [0.29, 0.717) is 0 Å². The lowest BCUT2D eigenvalue weighted by Crippen LogP contribution is -2.50. The van der Waals surface area contributed by atoms with Crippen LogP contribution in [0.1, 0.15) is 20.3 Å². The minimum absolute atomic E-state index is 0.833. The smallest absolute Gasteiger partial charge is 0.205 e. The van der Waals surface area contributed by atoms with Crippen LogP contribution >= 0.6 is 0 Å². The highest BCUT2D eigenvalue weighted by atomic mass is 14.9. The zero-order chi connectivity index (χ0) is 5.28. The largest absolute Gasteiger partial charge is 0.356 e. The van der Waals surface area contributed by atoms with Crippen molar-refractivity contribution in [3.63, 3.8) is 0 Å². The Morgan fingerprint density at radius 2 is 2.43 bits per heavy atom. The average molecular weight is 97.0 g/mol. The zero-order valence-corrected chi connectivity index (χ0v) is 5.07. The molecule has 1 heterocycles. The van der Waals surface area contributed by atoms with Crippen LogP contribution in [0.25, 0.3) is 0 Å². The van der Waals surface area contributed by atoms with Crippen molar-refractivity contribution in [2.75, 3.05) is 0 Å². The van der Waals surface area contributed by atoms with Crippen molar-refractivity contribution in [1.29, 1.82) is 0 Å². The maximum Gasteiger partial charge on any atom is 0.205 e. The van der Waals surface area contributed by atoms with Gasteiger partial charge in [-0.05, 0) is 18.3 Å². The van der Waals surface area contributed by atoms with Crippen molar-refractivity contribution in [3.8, 4) is 0 Å². The van der Waals surface area contributed by atoms with Crippen molar-refractivity contribution >= 4 is 7.41 Å². The third kappa shape index (κ3) is 0.803. The van der Waals surface area contributed by atoms with Crippen LogP contribution in [0.4, 0.5) is 0 Å². The van der Waals surface area contributed by atoms with Crippen molar-refractivity contribution in [2.24, 2.45) is 0 Å². The first-order chi connectivity index (χ1) is 3.34. The van der Waals surface area contributed by atoms with E-state index in [0.717, 1.165) is 11.9 Å². The zero-order valence-electron chi connectivity index (χ0n) is 5.07. The van der Waals surface area contributed by atoms with E-state index in [1.807, 2.05) is 0 Å². The molecule has 1 rings (SSSR count). The van der Waals surface area contributed by atoms with Crippen molar-refractivity contribution in [3.05, 3.63) is 0 Å². The first kappa shape index (κ1) is 5.17. The van der Waals surface area contributed by atoms with Crippen LogP contribution in [0.15, 0.2) is 0 Å². The third-order valence-corrected chi connectivity index (χ3v) is 1.83. The second kappa shape index (κ2) is 1.87. The van der Waals surface area contributed by atoms with Crippen LogP contribution in [0.3, 0.4) is 0 Å². The van der Waals surface area contributed by atoms with Gasteiger partial charge in [0.1, 0.15) is 0 Å². The fourth-order valence-corrected chi connectivity index (χ4v) is 1.07. The topological polar surface area (TPSA) is 12.0 Å². The Morgan fingerprint density at radius 3 is 2.43 bits per heavy atom. The van der Waals surface area contributed by atoms with Gasteiger partial charge in [0, 0.05) is 0 Å². The summed E-state index contributed by atoms with van der Waals surface area (Å²) in [5.41, 5.74) is 0. The Morgan fingerprint density at radius 1 is 1.71 bits per heavy atom. The fourth-order valence-electron chi connectivity index (χ4n) is 1.07. The van der Waals surface area contributed by atoms with Gasteiger partial charge in [-0.25, -0.2) is 0 Å². The summed E-state index contributed by atoms with van der Waals surface area (Å²) in [6.45, 7) is 4.53. The fraction of sp³-hybridized carbons (Fsp3) is 1.00. The summed E-state index contributed by atoms with van der Waals surface area (Å²) in [6, 6.07) is 0.833. The quantitative estimate of drug-likeness (QED) is 0.470. The van der Waals surface area contributed by atoms with E-state index >= 15 is 0 Å². The second-order valence-electron chi connectivity index (χ2n) is 2.40. The molecule has 0 aromatic heterocycles. The molecule has 2 atom stereocenters. The highest BCUT2D eigenvalue weighted by Gasteiger charge is 2.24. The van der Waals surface area contributed by atoms with E-state index < -0.39 is 0 Å². The Kier molecular flexibility index (Phi) is 1.38. The standard InChI is InChI=1S/C5H12BN/c1-3-5-4(2)6-7-5/h4-7H,3H2,1-2H3/t4-,5?/m1/s1. The summed E-state index contributed by atoms with van der Waals surface area (Å²) in [4.78, 5) is 0. The van der Waals surface area contributed by atoms with Gasteiger partial charge in [-0.2, -0.15) is 0 Å². The summed E-state index contributed by atoms with van der Waals surface area (Å²) >= 11 is 0. The van der Waals surface area contributed by atoms with Gasteiger partial charge in [0.2, 0.25) is 7.41 Å². The predicted octanol–water partition coefficient (Wildman–Crippen LogP) is 0.528. The second-order valence-corrected chi connectivity index (χ2v) is 2.40. The van der Waals surface area contributed by atoms with E-state index in [-0.39, 0.29) is 0 Å². The molecule has 1 unspecified atom stereocenters. The van der Waals surface area contributed by atoms with Gasteiger partial charge in [0.15, 0.2) is 0 Å². The number of nitrogens with one attached hydrogen (secondary N) is 1. The Bertz CT molecular complexity index is 63.1. The molecule has 1 nitrogen and oxygen atoms in total. The predicted molar refractivity (Wildman–Crippen MR) is 33.8 cm³/mol. The van der Waals surface area contributed by atoms with E-state index in [1.54, 1.807) is 0 Å². The van der Waals surface area contributed by atoms with Gasteiger partial charge in [-0.1, -0.05) is 13.8 Å². The minimum Gasteiger partial charge on any atom is -0.356 e.